The number of carbonyl (C=O) groups excluding carboxylic acids is 1. The Balaban J connectivity index is 1.54. The summed E-state index contributed by atoms with van der Waals surface area (Å²) >= 11 is 0. The van der Waals surface area contributed by atoms with Crippen LogP contribution in [0.3, 0.4) is 0 Å². The molecule has 2 fully saturated rings. The van der Waals surface area contributed by atoms with Crippen molar-refractivity contribution in [2.24, 2.45) is 5.92 Å². The second-order valence-electron chi connectivity index (χ2n) is 6.84. The summed E-state index contributed by atoms with van der Waals surface area (Å²) in [7, 11) is 0. The molecule has 4 rings (SSSR count). The maximum atomic E-state index is 12.8. The van der Waals surface area contributed by atoms with Crippen LogP contribution in [-0.4, -0.2) is 60.2 Å². The van der Waals surface area contributed by atoms with E-state index in [0.29, 0.717) is 26.3 Å². The number of aryl methyl sites for hydroxylation is 1. The van der Waals surface area contributed by atoms with Gasteiger partial charge < -0.3 is 14.5 Å². The van der Waals surface area contributed by atoms with Crippen molar-refractivity contribution in [1.29, 1.82) is 0 Å². The Morgan fingerprint density at radius 2 is 1.84 bits per heavy atom. The third kappa shape index (κ3) is 3.31. The van der Waals surface area contributed by atoms with Gasteiger partial charge in [0.2, 0.25) is 5.91 Å². The quantitative estimate of drug-likeness (QED) is 0.837. The second kappa shape index (κ2) is 6.96. The SMILES string of the molecule is Cc1nc2ccccc2nc1N1CCCC(C(=O)N2CCOCC2)C1. The summed E-state index contributed by atoms with van der Waals surface area (Å²) in [6.45, 7) is 6.39. The lowest BCUT2D eigenvalue weighted by Crippen LogP contribution is -2.48. The Hall–Kier alpha value is -2.21. The van der Waals surface area contributed by atoms with Crippen LogP contribution in [0.25, 0.3) is 11.0 Å². The number of nitrogens with zero attached hydrogens (tertiary/aromatic N) is 4. The number of piperidine rings is 1. The summed E-state index contributed by atoms with van der Waals surface area (Å²) in [5.74, 6) is 1.22. The number of hydrogen-bond acceptors (Lipinski definition) is 5. The number of morpholine rings is 1. The molecule has 1 amide bonds. The Bertz CT molecular complexity index is 773. The minimum absolute atomic E-state index is 0.0412. The fourth-order valence-electron chi connectivity index (χ4n) is 3.79. The highest BCUT2D eigenvalue weighted by Gasteiger charge is 2.31. The van der Waals surface area contributed by atoms with Gasteiger partial charge in [-0.05, 0) is 31.9 Å². The first-order chi connectivity index (χ1) is 12.2. The smallest absolute Gasteiger partial charge is 0.227 e. The first kappa shape index (κ1) is 16.3. The molecular weight excluding hydrogens is 316 g/mol. The van der Waals surface area contributed by atoms with E-state index in [-0.39, 0.29) is 11.8 Å². The Morgan fingerprint density at radius 1 is 1.12 bits per heavy atom. The summed E-state index contributed by atoms with van der Waals surface area (Å²) in [5.41, 5.74) is 2.75. The van der Waals surface area contributed by atoms with E-state index < -0.39 is 0 Å². The summed E-state index contributed by atoms with van der Waals surface area (Å²) in [4.78, 5) is 26.5. The van der Waals surface area contributed by atoms with E-state index in [2.05, 4.69) is 4.90 Å². The van der Waals surface area contributed by atoms with Crippen molar-refractivity contribution in [3.63, 3.8) is 0 Å². The van der Waals surface area contributed by atoms with Crippen LogP contribution in [0, 0.1) is 12.8 Å². The van der Waals surface area contributed by atoms with Crippen molar-refractivity contribution < 1.29 is 9.53 Å². The summed E-state index contributed by atoms with van der Waals surface area (Å²) in [6, 6.07) is 7.94. The maximum absolute atomic E-state index is 12.8. The van der Waals surface area contributed by atoms with Gasteiger partial charge in [0.15, 0.2) is 5.82 Å². The highest BCUT2D eigenvalue weighted by Crippen LogP contribution is 2.26. The van der Waals surface area contributed by atoms with Crippen LogP contribution < -0.4 is 4.90 Å². The molecule has 1 aromatic carbocycles. The van der Waals surface area contributed by atoms with Crippen LogP contribution in [0.2, 0.25) is 0 Å². The van der Waals surface area contributed by atoms with Crippen LogP contribution in [-0.2, 0) is 9.53 Å². The molecule has 3 heterocycles. The van der Waals surface area contributed by atoms with Gasteiger partial charge in [-0.25, -0.2) is 9.97 Å². The first-order valence-corrected chi connectivity index (χ1v) is 9.07. The van der Waals surface area contributed by atoms with Gasteiger partial charge >= 0.3 is 0 Å². The number of anilines is 1. The van der Waals surface area contributed by atoms with E-state index in [9.17, 15) is 4.79 Å². The van der Waals surface area contributed by atoms with E-state index in [4.69, 9.17) is 14.7 Å². The zero-order valence-corrected chi connectivity index (χ0v) is 14.6. The lowest BCUT2D eigenvalue weighted by molar-refractivity contribution is -0.139. The number of amides is 1. The highest BCUT2D eigenvalue weighted by atomic mass is 16.5. The van der Waals surface area contributed by atoms with Gasteiger partial charge in [-0.1, -0.05) is 12.1 Å². The number of para-hydroxylation sites is 2. The van der Waals surface area contributed by atoms with Gasteiger partial charge in [-0.15, -0.1) is 0 Å². The standard InChI is InChI=1S/C19H24N4O2/c1-14-18(21-17-7-3-2-6-16(17)20-14)23-8-4-5-15(13-23)19(24)22-9-11-25-12-10-22/h2-3,6-7,15H,4-5,8-13H2,1H3. The first-order valence-electron chi connectivity index (χ1n) is 9.07. The monoisotopic (exact) mass is 340 g/mol. The fraction of sp³-hybridized carbons (Fsp3) is 0.526. The average molecular weight is 340 g/mol. The normalized spacial score (nSPS) is 21.6. The van der Waals surface area contributed by atoms with Crippen molar-refractivity contribution in [3.05, 3.63) is 30.0 Å². The van der Waals surface area contributed by atoms with Crippen molar-refractivity contribution in [3.8, 4) is 0 Å². The molecule has 0 N–H and O–H groups in total. The summed E-state index contributed by atoms with van der Waals surface area (Å²) in [6.07, 6.45) is 1.96. The zero-order valence-electron chi connectivity index (χ0n) is 14.6. The molecule has 0 radical (unpaired) electrons. The Labute approximate surface area is 147 Å². The largest absolute Gasteiger partial charge is 0.378 e. The number of carbonyl (C=O) groups is 1. The van der Waals surface area contributed by atoms with E-state index in [1.807, 2.05) is 36.1 Å². The molecule has 0 spiro atoms. The number of rotatable bonds is 2. The van der Waals surface area contributed by atoms with Crippen LogP contribution in [0.1, 0.15) is 18.5 Å². The molecule has 2 aliphatic rings. The third-order valence-corrected chi connectivity index (χ3v) is 5.11. The van der Waals surface area contributed by atoms with Gasteiger partial charge in [-0.3, -0.25) is 4.79 Å². The third-order valence-electron chi connectivity index (χ3n) is 5.11. The van der Waals surface area contributed by atoms with E-state index in [1.54, 1.807) is 0 Å². The zero-order chi connectivity index (χ0) is 17.2. The van der Waals surface area contributed by atoms with E-state index in [0.717, 1.165) is 48.5 Å². The Morgan fingerprint density at radius 3 is 2.60 bits per heavy atom. The molecule has 2 aliphatic heterocycles. The van der Waals surface area contributed by atoms with Crippen molar-refractivity contribution in [2.45, 2.75) is 19.8 Å². The molecule has 2 saturated heterocycles. The van der Waals surface area contributed by atoms with Crippen molar-refractivity contribution >= 4 is 22.8 Å². The van der Waals surface area contributed by atoms with Gasteiger partial charge in [0, 0.05) is 26.2 Å². The highest BCUT2D eigenvalue weighted by molar-refractivity contribution is 5.80. The number of hydrogen-bond donors (Lipinski definition) is 0. The summed E-state index contributed by atoms with van der Waals surface area (Å²) < 4.78 is 5.36. The predicted molar refractivity (Wildman–Crippen MR) is 96.6 cm³/mol. The number of ether oxygens (including phenoxy) is 1. The lowest BCUT2D eigenvalue weighted by Gasteiger charge is -2.37. The van der Waals surface area contributed by atoms with Gasteiger partial charge in [0.25, 0.3) is 0 Å². The number of aromatic nitrogens is 2. The summed E-state index contributed by atoms with van der Waals surface area (Å²) in [5, 5.41) is 0. The predicted octanol–water partition coefficient (Wildman–Crippen LogP) is 2.01. The van der Waals surface area contributed by atoms with E-state index >= 15 is 0 Å². The van der Waals surface area contributed by atoms with Gasteiger partial charge in [-0.2, -0.15) is 0 Å². The van der Waals surface area contributed by atoms with Gasteiger partial charge in [0.05, 0.1) is 35.9 Å². The minimum atomic E-state index is 0.0412. The fourth-order valence-corrected chi connectivity index (χ4v) is 3.79. The molecule has 6 nitrogen and oxygen atoms in total. The molecule has 25 heavy (non-hydrogen) atoms. The molecular formula is C19H24N4O2. The maximum Gasteiger partial charge on any atom is 0.227 e. The molecule has 0 aliphatic carbocycles. The minimum Gasteiger partial charge on any atom is -0.378 e. The molecule has 0 bridgehead atoms. The van der Waals surface area contributed by atoms with E-state index in [1.165, 1.54) is 0 Å². The van der Waals surface area contributed by atoms with Crippen LogP contribution in [0.15, 0.2) is 24.3 Å². The Kier molecular flexibility index (Phi) is 4.53. The number of fused-ring (bicyclic) bond motifs is 1. The molecule has 1 atom stereocenters. The lowest BCUT2D eigenvalue weighted by atomic mass is 9.96. The van der Waals surface area contributed by atoms with Crippen LogP contribution in [0.4, 0.5) is 5.82 Å². The molecule has 1 aromatic heterocycles. The van der Waals surface area contributed by atoms with Crippen LogP contribution in [0.5, 0.6) is 0 Å². The molecule has 132 valence electrons. The molecule has 0 saturated carbocycles. The molecule has 6 heteroatoms. The molecule has 1 unspecified atom stereocenters. The number of benzene rings is 1. The van der Waals surface area contributed by atoms with Crippen molar-refractivity contribution in [2.75, 3.05) is 44.3 Å². The van der Waals surface area contributed by atoms with Gasteiger partial charge in [0.1, 0.15) is 0 Å². The topological polar surface area (TPSA) is 58.6 Å². The van der Waals surface area contributed by atoms with Crippen LogP contribution >= 0.6 is 0 Å². The van der Waals surface area contributed by atoms with Crippen molar-refractivity contribution in [1.82, 2.24) is 14.9 Å². The average Bonchev–Trinajstić information content (AvgIpc) is 2.67. The molecule has 2 aromatic rings. The second-order valence-corrected chi connectivity index (χ2v) is 6.84.